The van der Waals surface area contributed by atoms with Crippen LogP contribution in [0, 0.1) is 5.92 Å². The highest BCUT2D eigenvalue weighted by atomic mass is 79.9. The molecular weight excluding hydrogens is 328 g/mol. The number of rotatable bonds is 3. The summed E-state index contributed by atoms with van der Waals surface area (Å²) in [5, 5.41) is 18.2. The average molecular weight is 338 g/mol. The molecule has 0 bridgehead atoms. The summed E-state index contributed by atoms with van der Waals surface area (Å²) in [5.41, 5.74) is 0.862. The van der Waals surface area contributed by atoms with Crippen molar-refractivity contribution < 1.29 is 15.0 Å². The van der Waals surface area contributed by atoms with Crippen molar-refractivity contribution >= 4 is 37.8 Å². The van der Waals surface area contributed by atoms with Crippen molar-refractivity contribution in [3.63, 3.8) is 0 Å². The minimum Gasteiger partial charge on any atom is -0.506 e. The number of phenolic OH excluding ortho intramolecular Hbond substituents is 1. The van der Waals surface area contributed by atoms with Gasteiger partial charge >= 0.3 is 5.97 Å². The molecule has 1 aromatic carbocycles. The van der Waals surface area contributed by atoms with Gasteiger partial charge in [0.05, 0.1) is 14.9 Å². The van der Waals surface area contributed by atoms with E-state index < -0.39 is 11.9 Å². The van der Waals surface area contributed by atoms with Gasteiger partial charge in [0.2, 0.25) is 0 Å². The predicted molar refractivity (Wildman–Crippen MR) is 64.0 cm³/mol. The monoisotopic (exact) mass is 336 g/mol. The lowest BCUT2D eigenvalue weighted by atomic mass is 10.0. The van der Waals surface area contributed by atoms with Crippen molar-refractivity contribution in [3.05, 3.63) is 26.6 Å². The zero-order valence-electron chi connectivity index (χ0n) is 8.00. The van der Waals surface area contributed by atoms with Gasteiger partial charge in [0, 0.05) is 0 Å². The summed E-state index contributed by atoms with van der Waals surface area (Å²) in [6, 6.07) is 3.44. The minimum atomic E-state index is -0.824. The molecule has 0 saturated heterocycles. The van der Waals surface area contributed by atoms with E-state index in [0.717, 1.165) is 5.56 Å². The van der Waals surface area contributed by atoms with E-state index in [9.17, 15) is 9.90 Å². The highest BCUT2D eigenvalue weighted by Gasteiger charge is 2.13. The van der Waals surface area contributed by atoms with Gasteiger partial charge in [-0.05, 0) is 56.0 Å². The van der Waals surface area contributed by atoms with Gasteiger partial charge in [0.15, 0.2) is 0 Å². The summed E-state index contributed by atoms with van der Waals surface area (Å²) >= 11 is 6.39. The molecule has 0 aliphatic rings. The van der Waals surface area contributed by atoms with E-state index in [2.05, 4.69) is 31.9 Å². The van der Waals surface area contributed by atoms with Crippen LogP contribution in [0.15, 0.2) is 21.1 Å². The Morgan fingerprint density at radius 1 is 1.40 bits per heavy atom. The first-order chi connectivity index (χ1) is 6.91. The molecule has 0 aromatic heterocycles. The van der Waals surface area contributed by atoms with E-state index in [1.54, 1.807) is 19.1 Å². The van der Waals surface area contributed by atoms with Crippen LogP contribution in [0.3, 0.4) is 0 Å². The molecule has 5 heteroatoms. The Morgan fingerprint density at radius 3 is 2.27 bits per heavy atom. The van der Waals surface area contributed by atoms with Crippen molar-refractivity contribution in [1.82, 2.24) is 0 Å². The van der Waals surface area contributed by atoms with Crippen LogP contribution in [0.5, 0.6) is 5.75 Å². The van der Waals surface area contributed by atoms with Crippen LogP contribution >= 0.6 is 31.9 Å². The maximum absolute atomic E-state index is 10.7. The van der Waals surface area contributed by atoms with Crippen LogP contribution in [0.2, 0.25) is 0 Å². The van der Waals surface area contributed by atoms with Crippen LogP contribution in [0.4, 0.5) is 0 Å². The van der Waals surface area contributed by atoms with Gasteiger partial charge in [-0.3, -0.25) is 4.79 Å². The molecule has 0 heterocycles. The number of aromatic hydroxyl groups is 1. The molecular formula is C10H10Br2O3. The number of carboxylic acid groups (broad SMARTS) is 1. The second kappa shape index (κ2) is 4.99. The van der Waals surface area contributed by atoms with Crippen molar-refractivity contribution in [1.29, 1.82) is 0 Å². The zero-order valence-corrected chi connectivity index (χ0v) is 11.2. The fourth-order valence-corrected chi connectivity index (χ4v) is 2.46. The molecule has 0 fully saturated rings. The predicted octanol–water partition coefficient (Wildman–Crippen LogP) is 3.18. The van der Waals surface area contributed by atoms with E-state index >= 15 is 0 Å². The maximum Gasteiger partial charge on any atom is 0.306 e. The molecule has 1 rings (SSSR count). The van der Waals surface area contributed by atoms with E-state index in [1.807, 2.05) is 0 Å². The second-order valence-electron chi connectivity index (χ2n) is 3.35. The van der Waals surface area contributed by atoms with Crippen LogP contribution < -0.4 is 0 Å². The second-order valence-corrected chi connectivity index (χ2v) is 5.06. The third-order valence-corrected chi connectivity index (χ3v) is 3.25. The molecule has 82 valence electrons. The topological polar surface area (TPSA) is 57.5 Å². The summed E-state index contributed by atoms with van der Waals surface area (Å²) in [5.74, 6) is -1.13. The third-order valence-electron chi connectivity index (χ3n) is 2.04. The zero-order chi connectivity index (χ0) is 11.6. The number of halogens is 2. The average Bonchev–Trinajstić information content (AvgIpc) is 2.13. The molecule has 3 nitrogen and oxygen atoms in total. The highest BCUT2D eigenvalue weighted by molar-refractivity contribution is 9.11. The summed E-state index contributed by atoms with van der Waals surface area (Å²) in [6.07, 6.45) is 0.437. The summed E-state index contributed by atoms with van der Waals surface area (Å²) in [7, 11) is 0. The smallest absolute Gasteiger partial charge is 0.306 e. The molecule has 0 spiro atoms. The summed E-state index contributed by atoms with van der Waals surface area (Å²) in [4.78, 5) is 10.7. The largest absolute Gasteiger partial charge is 0.506 e. The third kappa shape index (κ3) is 3.21. The van der Waals surface area contributed by atoms with Crippen LogP contribution in [-0.4, -0.2) is 16.2 Å². The lowest BCUT2D eigenvalue weighted by molar-refractivity contribution is -0.141. The molecule has 0 saturated carbocycles. The normalized spacial score (nSPS) is 12.5. The Bertz CT molecular complexity index is 367. The lowest BCUT2D eigenvalue weighted by Gasteiger charge is -2.08. The van der Waals surface area contributed by atoms with Crippen LogP contribution in [-0.2, 0) is 11.2 Å². The van der Waals surface area contributed by atoms with Gasteiger partial charge in [-0.25, -0.2) is 0 Å². The minimum absolute atomic E-state index is 0.127. The Kier molecular flexibility index (Phi) is 4.16. The molecule has 0 aliphatic heterocycles. The van der Waals surface area contributed by atoms with Gasteiger partial charge in [0.25, 0.3) is 0 Å². The fourth-order valence-electron chi connectivity index (χ4n) is 1.18. The lowest BCUT2D eigenvalue weighted by Crippen LogP contribution is -2.12. The van der Waals surface area contributed by atoms with E-state index in [0.29, 0.717) is 15.4 Å². The summed E-state index contributed by atoms with van der Waals surface area (Å²) < 4.78 is 1.12. The molecule has 15 heavy (non-hydrogen) atoms. The molecule has 1 atom stereocenters. The van der Waals surface area contributed by atoms with Crippen molar-refractivity contribution in [2.24, 2.45) is 5.92 Å². The van der Waals surface area contributed by atoms with Gasteiger partial charge in [0.1, 0.15) is 5.75 Å². The molecule has 0 amide bonds. The van der Waals surface area contributed by atoms with Crippen LogP contribution in [0.1, 0.15) is 12.5 Å². The molecule has 0 aliphatic carbocycles. The molecule has 0 radical (unpaired) electrons. The highest BCUT2D eigenvalue weighted by Crippen LogP contribution is 2.33. The fraction of sp³-hybridized carbons (Fsp3) is 0.300. The standard InChI is InChI=1S/C10H10Br2O3/c1-5(10(14)15)2-6-3-7(11)9(13)8(12)4-6/h3-5,13H,2H2,1H3,(H,14,15). The number of aliphatic carboxylic acids is 1. The van der Waals surface area contributed by atoms with E-state index in [4.69, 9.17) is 5.11 Å². The Hall–Kier alpha value is -0.550. The molecule has 2 N–H and O–H groups in total. The van der Waals surface area contributed by atoms with Crippen molar-refractivity contribution in [2.45, 2.75) is 13.3 Å². The first-order valence-electron chi connectivity index (χ1n) is 4.31. The summed E-state index contributed by atoms with van der Waals surface area (Å²) in [6.45, 7) is 1.65. The molecule has 1 aromatic rings. The quantitative estimate of drug-likeness (QED) is 0.890. The Morgan fingerprint density at radius 2 is 1.87 bits per heavy atom. The van der Waals surface area contributed by atoms with Gasteiger partial charge in [-0.2, -0.15) is 0 Å². The molecule has 1 unspecified atom stereocenters. The van der Waals surface area contributed by atoms with Gasteiger partial charge < -0.3 is 10.2 Å². The first-order valence-corrected chi connectivity index (χ1v) is 5.90. The first kappa shape index (κ1) is 12.5. The number of benzene rings is 1. The Labute approximate surface area is 104 Å². The maximum atomic E-state index is 10.7. The number of phenols is 1. The number of carbonyl (C=O) groups is 1. The van der Waals surface area contributed by atoms with Crippen LogP contribution in [0.25, 0.3) is 0 Å². The Balaban J connectivity index is 2.92. The SMILES string of the molecule is CC(Cc1cc(Br)c(O)c(Br)c1)C(=O)O. The van der Waals surface area contributed by atoms with E-state index in [-0.39, 0.29) is 5.75 Å². The number of carboxylic acids is 1. The van der Waals surface area contributed by atoms with E-state index in [1.165, 1.54) is 0 Å². The number of hydrogen-bond donors (Lipinski definition) is 2. The van der Waals surface area contributed by atoms with Crippen molar-refractivity contribution in [2.75, 3.05) is 0 Å². The van der Waals surface area contributed by atoms with Crippen molar-refractivity contribution in [3.8, 4) is 5.75 Å². The van der Waals surface area contributed by atoms with Gasteiger partial charge in [-0.15, -0.1) is 0 Å². The van der Waals surface area contributed by atoms with Gasteiger partial charge in [-0.1, -0.05) is 6.92 Å². The number of hydrogen-bond acceptors (Lipinski definition) is 2.